The van der Waals surface area contributed by atoms with Crippen LogP contribution in [0.4, 0.5) is 0 Å². The van der Waals surface area contributed by atoms with Crippen molar-refractivity contribution in [1.29, 1.82) is 0 Å². The summed E-state index contributed by atoms with van der Waals surface area (Å²) in [6.07, 6.45) is 6.50. The highest BCUT2D eigenvalue weighted by atomic mass is 14.9. The Morgan fingerprint density at radius 1 is 0.357 bits per heavy atom. The Morgan fingerprint density at radius 3 is 0.857 bits per heavy atom. The molecule has 14 heavy (non-hydrogen) atoms. The molecule has 7 unspecified atom stereocenters. The lowest BCUT2D eigenvalue weighted by Gasteiger charge is -2.88. The Morgan fingerprint density at radius 2 is 0.643 bits per heavy atom. The zero-order valence-electron chi connectivity index (χ0n) is 8.60. The van der Waals surface area contributed by atoms with Crippen LogP contribution >= 0.6 is 0 Å². The van der Waals surface area contributed by atoms with Crippen LogP contribution in [-0.2, 0) is 0 Å². The zero-order chi connectivity index (χ0) is 8.60. The van der Waals surface area contributed by atoms with Crippen LogP contribution < -0.4 is 0 Å². The van der Waals surface area contributed by atoms with Gasteiger partial charge in [-0.3, -0.25) is 0 Å². The monoisotopic (exact) mass is 186 g/mol. The van der Waals surface area contributed by atoms with Gasteiger partial charge >= 0.3 is 0 Å². The molecule has 6 rings (SSSR count). The van der Waals surface area contributed by atoms with Gasteiger partial charge in [0.1, 0.15) is 0 Å². The fourth-order valence-corrected chi connectivity index (χ4v) is 7.28. The summed E-state index contributed by atoms with van der Waals surface area (Å²) in [5.74, 6) is 12.8. The van der Waals surface area contributed by atoms with E-state index in [2.05, 4.69) is 0 Å². The molecule has 6 aliphatic carbocycles. The molecule has 6 saturated carbocycles. The molecule has 6 aliphatic rings. The van der Waals surface area contributed by atoms with Crippen LogP contribution in [-0.4, -0.2) is 0 Å². The number of rotatable bonds is 0. The van der Waals surface area contributed by atoms with Crippen molar-refractivity contribution in [3.8, 4) is 0 Å². The quantitative estimate of drug-likeness (QED) is 0.510. The van der Waals surface area contributed by atoms with Crippen molar-refractivity contribution in [1.82, 2.24) is 0 Å². The van der Waals surface area contributed by atoms with Crippen LogP contribution in [0.2, 0.25) is 0 Å². The van der Waals surface area contributed by atoms with Gasteiger partial charge in [-0.1, -0.05) is 0 Å². The van der Waals surface area contributed by atoms with E-state index in [0.717, 1.165) is 0 Å². The molecule has 0 aromatic carbocycles. The fraction of sp³-hybridized carbons (Fsp3) is 1.00. The number of hydrogen-bond donors (Lipinski definition) is 0. The maximum Gasteiger partial charge on any atom is -0.0312 e. The maximum atomic E-state index is 1.63. The van der Waals surface area contributed by atoms with Gasteiger partial charge in [-0.15, -0.1) is 0 Å². The van der Waals surface area contributed by atoms with E-state index in [4.69, 9.17) is 0 Å². The molecule has 0 bridgehead atoms. The van der Waals surface area contributed by atoms with E-state index in [-0.39, 0.29) is 0 Å². The highest BCUT2D eigenvalue weighted by molar-refractivity contribution is 5.30. The molecule has 0 radical (unpaired) electrons. The molecule has 10 atom stereocenters. The smallest absolute Gasteiger partial charge is 0.0312 e. The van der Waals surface area contributed by atoms with Crippen molar-refractivity contribution in [3.05, 3.63) is 0 Å². The highest BCUT2D eigenvalue weighted by Gasteiger charge is 2.82. The maximum absolute atomic E-state index is 1.63. The molecule has 0 nitrogen and oxygen atoms in total. The van der Waals surface area contributed by atoms with Crippen LogP contribution in [0, 0.1) is 59.2 Å². The normalized spacial score (nSPS) is 84.0. The third-order valence-electron chi connectivity index (χ3n) is 7.86. The summed E-state index contributed by atoms with van der Waals surface area (Å²) in [6, 6.07) is 0. The molecule has 0 spiro atoms. The average molecular weight is 186 g/mol. The lowest BCUT2D eigenvalue weighted by atomic mass is 9.17. The molecule has 0 aromatic rings. The second-order valence-corrected chi connectivity index (χ2v) is 7.27. The van der Waals surface area contributed by atoms with Crippen molar-refractivity contribution in [3.63, 3.8) is 0 Å². The summed E-state index contributed by atoms with van der Waals surface area (Å²) in [6.45, 7) is 0. The Hall–Kier alpha value is 0. The molecule has 0 aromatic heterocycles. The Balaban J connectivity index is 1.39. The van der Waals surface area contributed by atoms with Crippen molar-refractivity contribution >= 4 is 0 Å². The van der Waals surface area contributed by atoms with Crippen molar-refractivity contribution in [2.24, 2.45) is 59.2 Å². The van der Waals surface area contributed by atoms with Gasteiger partial charge in [-0.25, -0.2) is 0 Å². The first-order valence-electron chi connectivity index (χ1n) is 6.97. The highest BCUT2D eigenvalue weighted by Crippen LogP contribution is 2.87. The van der Waals surface area contributed by atoms with Crippen LogP contribution in [0.15, 0.2) is 0 Å². The first kappa shape index (κ1) is 6.55. The summed E-state index contributed by atoms with van der Waals surface area (Å²) >= 11 is 0. The van der Waals surface area contributed by atoms with Crippen LogP contribution in [0.3, 0.4) is 0 Å². The van der Waals surface area contributed by atoms with E-state index >= 15 is 0 Å². The third-order valence-corrected chi connectivity index (χ3v) is 7.86. The van der Waals surface area contributed by atoms with Gasteiger partial charge in [-0.05, 0) is 84.9 Å². The van der Waals surface area contributed by atoms with Crippen LogP contribution in [0.5, 0.6) is 0 Å². The summed E-state index contributed by atoms with van der Waals surface area (Å²) in [7, 11) is 0. The largest absolute Gasteiger partial charge is 0.0496 e. The topological polar surface area (TPSA) is 0 Å². The lowest BCUT2D eigenvalue weighted by molar-refractivity contribution is -0.408. The van der Waals surface area contributed by atoms with Gasteiger partial charge in [0.15, 0.2) is 0 Å². The number of hydrogen-bond acceptors (Lipinski definition) is 0. The molecular formula is C14H18. The second-order valence-electron chi connectivity index (χ2n) is 7.27. The minimum Gasteiger partial charge on any atom is -0.0496 e. The van der Waals surface area contributed by atoms with E-state index in [1.54, 1.807) is 25.7 Å². The predicted octanol–water partition coefficient (Wildman–Crippen LogP) is 2.79. The van der Waals surface area contributed by atoms with Crippen LogP contribution in [0.25, 0.3) is 0 Å². The minimum atomic E-state index is 1.27. The Bertz CT molecular complexity index is 280. The van der Waals surface area contributed by atoms with Crippen molar-refractivity contribution in [2.45, 2.75) is 25.7 Å². The summed E-state index contributed by atoms with van der Waals surface area (Å²) in [5.41, 5.74) is 0. The van der Waals surface area contributed by atoms with E-state index in [1.165, 1.54) is 59.2 Å². The molecule has 0 heterocycles. The lowest BCUT2D eigenvalue weighted by Crippen LogP contribution is -2.84. The van der Waals surface area contributed by atoms with Crippen molar-refractivity contribution in [2.75, 3.05) is 0 Å². The SMILES string of the molecule is C1CC2C1C1C3C4C5CC[C@@H]5[C@@H]4C3[C@H]21. The predicted molar refractivity (Wildman–Crippen MR) is 53.4 cm³/mol. The van der Waals surface area contributed by atoms with Gasteiger partial charge in [-0.2, -0.15) is 0 Å². The van der Waals surface area contributed by atoms with E-state index in [9.17, 15) is 0 Å². The van der Waals surface area contributed by atoms with Gasteiger partial charge in [0, 0.05) is 0 Å². The Kier molecular flexibility index (Phi) is 0.758. The average Bonchev–Trinajstić information content (AvgIpc) is 2.10. The van der Waals surface area contributed by atoms with E-state index in [1.807, 2.05) is 0 Å². The first-order chi connectivity index (χ1) is 6.97. The molecule has 6 fully saturated rings. The third kappa shape index (κ3) is 0.378. The zero-order valence-corrected chi connectivity index (χ0v) is 8.60. The molecule has 0 heteroatoms. The van der Waals surface area contributed by atoms with Gasteiger partial charge < -0.3 is 0 Å². The van der Waals surface area contributed by atoms with Gasteiger partial charge in [0.25, 0.3) is 0 Å². The van der Waals surface area contributed by atoms with Gasteiger partial charge in [0.05, 0.1) is 0 Å². The standard InChI is InChI=1S/C14H18/c1-2-6-5(1)9-10(6)14-12-8-4-3-7(8)11(12)13(9)14/h5-14H,1-4H2/t5-,6?,7?,8?,9-,10?,11+,12?,13?,14?/m0/s1. The van der Waals surface area contributed by atoms with E-state index in [0.29, 0.717) is 0 Å². The first-order valence-corrected chi connectivity index (χ1v) is 6.97. The Labute approximate surface area is 85.4 Å². The van der Waals surface area contributed by atoms with Crippen LogP contribution in [0.1, 0.15) is 25.7 Å². The molecule has 0 amide bonds. The minimum absolute atomic E-state index is 1.27. The van der Waals surface area contributed by atoms with Crippen molar-refractivity contribution < 1.29 is 0 Å². The van der Waals surface area contributed by atoms with Gasteiger partial charge in [0.2, 0.25) is 0 Å². The fourth-order valence-electron chi connectivity index (χ4n) is 7.28. The molecule has 0 saturated heterocycles. The second kappa shape index (κ2) is 1.62. The molecule has 0 N–H and O–H groups in total. The molecule has 74 valence electrons. The summed E-state index contributed by atoms with van der Waals surface area (Å²) < 4.78 is 0. The summed E-state index contributed by atoms with van der Waals surface area (Å²) in [5, 5.41) is 0. The van der Waals surface area contributed by atoms with E-state index < -0.39 is 0 Å². The summed E-state index contributed by atoms with van der Waals surface area (Å²) in [4.78, 5) is 0. The molecule has 0 aliphatic heterocycles. The number of fused-ring (bicyclic) bond motifs is 13. The molecular weight excluding hydrogens is 168 g/mol.